The van der Waals surface area contributed by atoms with E-state index < -0.39 is 11.7 Å². The van der Waals surface area contributed by atoms with Gasteiger partial charge in [-0.15, -0.1) is 0 Å². The van der Waals surface area contributed by atoms with Gasteiger partial charge in [0.25, 0.3) is 0 Å². The van der Waals surface area contributed by atoms with Crippen molar-refractivity contribution in [3.05, 3.63) is 52.4 Å². The van der Waals surface area contributed by atoms with Crippen LogP contribution in [0.1, 0.15) is 17.0 Å². The number of aldehydes is 1. The lowest BCUT2D eigenvalue weighted by atomic mass is 9.99. The van der Waals surface area contributed by atoms with Crippen LogP contribution in [0.5, 0.6) is 0 Å². The van der Waals surface area contributed by atoms with Crippen molar-refractivity contribution in [1.29, 1.82) is 0 Å². The molecule has 0 aliphatic carbocycles. The molecule has 1 aliphatic rings. The van der Waals surface area contributed by atoms with Crippen LogP contribution >= 0.6 is 11.6 Å². The van der Waals surface area contributed by atoms with Gasteiger partial charge in [-0.1, -0.05) is 11.6 Å². The second-order valence-corrected chi connectivity index (χ2v) is 8.44. The summed E-state index contributed by atoms with van der Waals surface area (Å²) in [6.07, 6.45) is -0.713. The van der Waals surface area contributed by atoms with Crippen LogP contribution in [0.4, 0.5) is 24.8 Å². The van der Waals surface area contributed by atoms with Crippen molar-refractivity contribution in [3.8, 4) is 11.3 Å². The third kappa shape index (κ3) is 4.63. The van der Waals surface area contributed by atoms with Crippen molar-refractivity contribution in [2.75, 3.05) is 36.8 Å². The quantitative estimate of drug-likeness (QED) is 0.428. The number of fused-ring (bicyclic) bond motifs is 1. The zero-order chi connectivity index (χ0) is 24.6. The Balaban J connectivity index is 1.81. The molecule has 0 bridgehead atoms. The number of alkyl halides is 3. The molecule has 3 heterocycles. The van der Waals surface area contributed by atoms with Crippen LogP contribution in [0, 0.1) is 13.8 Å². The molecule has 0 amide bonds. The van der Waals surface area contributed by atoms with Crippen molar-refractivity contribution in [1.82, 2.24) is 19.9 Å². The Hall–Kier alpha value is -3.40. The molecule has 0 unspecified atom stereocenters. The number of aryl methyl sites for hydroxylation is 2. The van der Waals surface area contributed by atoms with Gasteiger partial charge in [-0.25, -0.2) is 15.0 Å². The van der Waals surface area contributed by atoms with E-state index in [1.165, 1.54) is 25.1 Å². The highest BCUT2D eigenvalue weighted by Crippen LogP contribution is 2.42. The smallest absolute Gasteiger partial charge is 0.384 e. The largest absolute Gasteiger partial charge is 0.418 e. The van der Waals surface area contributed by atoms with E-state index in [1.54, 1.807) is 19.2 Å². The number of allylic oxidation sites excluding steroid dienone is 1. The average molecular weight is 491 g/mol. The maximum atomic E-state index is 13.9. The van der Waals surface area contributed by atoms with Crippen LogP contribution < -0.4 is 10.6 Å². The predicted octanol–water partition coefficient (Wildman–Crippen LogP) is 4.40. The molecule has 7 nitrogen and oxygen atoms in total. The van der Waals surface area contributed by atoms with Gasteiger partial charge < -0.3 is 15.5 Å². The van der Waals surface area contributed by atoms with Crippen molar-refractivity contribution >= 4 is 40.4 Å². The van der Waals surface area contributed by atoms with Gasteiger partial charge >= 0.3 is 6.18 Å². The summed E-state index contributed by atoms with van der Waals surface area (Å²) in [6.45, 7) is 5.72. The zero-order valence-electron chi connectivity index (χ0n) is 18.5. The zero-order valence-corrected chi connectivity index (χ0v) is 19.3. The lowest BCUT2D eigenvalue weighted by Crippen LogP contribution is -2.44. The highest BCUT2D eigenvalue weighted by molar-refractivity contribution is 6.34. The Kier molecular flexibility index (Phi) is 6.35. The fourth-order valence-corrected chi connectivity index (χ4v) is 4.41. The number of carbonyl (C=O) groups excluding carboxylic acids is 1. The van der Waals surface area contributed by atoms with Gasteiger partial charge in [-0.05, 0) is 43.7 Å². The number of nitrogens with two attached hydrogens (primary N) is 1. The van der Waals surface area contributed by atoms with E-state index >= 15 is 0 Å². The van der Waals surface area contributed by atoms with E-state index in [9.17, 15) is 18.0 Å². The Morgan fingerprint density at radius 3 is 2.41 bits per heavy atom. The molecular weight excluding hydrogens is 469 g/mol. The minimum absolute atomic E-state index is 0.0299. The van der Waals surface area contributed by atoms with Gasteiger partial charge in [0.05, 0.1) is 21.8 Å². The van der Waals surface area contributed by atoms with Crippen molar-refractivity contribution in [2.45, 2.75) is 20.0 Å². The van der Waals surface area contributed by atoms with E-state index in [2.05, 4.69) is 19.9 Å². The minimum atomic E-state index is -4.64. The number of nitrogen functional groups attached to an aromatic ring is 1. The third-order valence-corrected chi connectivity index (χ3v) is 5.95. The summed E-state index contributed by atoms with van der Waals surface area (Å²) in [4.78, 5) is 27.7. The van der Waals surface area contributed by atoms with E-state index in [0.717, 1.165) is 6.29 Å². The van der Waals surface area contributed by atoms with E-state index in [0.29, 0.717) is 48.7 Å². The number of piperazine rings is 1. The molecule has 2 aromatic heterocycles. The summed E-state index contributed by atoms with van der Waals surface area (Å²) in [5.41, 5.74) is 5.09. The van der Waals surface area contributed by atoms with Crippen LogP contribution in [0.15, 0.2) is 30.5 Å². The number of anilines is 2. The van der Waals surface area contributed by atoms with Gasteiger partial charge in [0, 0.05) is 43.3 Å². The molecule has 178 valence electrons. The first kappa shape index (κ1) is 23.7. The Labute approximate surface area is 199 Å². The second-order valence-electron chi connectivity index (χ2n) is 8.03. The van der Waals surface area contributed by atoms with E-state index in [4.69, 9.17) is 17.3 Å². The summed E-state index contributed by atoms with van der Waals surface area (Å²) < 4.78 is 41.6. The predicted molar refractivity (Wildman–Crippen MR) is 126 cm³/mol. The highest BCUT2D eigenvalue weighted by Gasteiger charge is 2.37. The van der Waals surface area contributed by atoms with Crippen LogP contribution in [-0.4, -0.2) is 52.3 Å². The SMILES string of the molecule is Cc1nc(N2CCN(C=CC=O)CC2)c2cc(Cl)c(-c3nc(N)cc(C)c3C(F)(F)F)cc2n1. The van der Waals surface area contributed by atoms with Crippen molar-refractivity contribution in [3.63, 3.8) is 0 Å². The number of benzene rings is 1. The number of nitrogens with zero attached hydrogens (tertiary/aromatic N) is 5. The summed E-state index contributed by atoms with van der Waals surface area (Å²) in [7, 11) is 0. The standard InChI is InChI=1S/C23H22ClF3N6O/c1-13-10-19(28)31-21(20(13)23(25,26)27)15-12-18-16(11-17(15)24)22(30-14(2)29-18)33-7-5-32(6-8-33)4-3-9-34/h3-4,9-12H,5-8H2,1-2H3,(H2,28,31). The van der Waals surface area contributed by atoms with Crippen molar-refractivity contribution < 1.29 is 18.0 Å². The minimum Gasteiger partial charge on any atom is -0.384 e. The fraction of sp³-hybridized carbons (Fsp3) is 0.304. The fourth-order valence-electron chi connectivity index (χ4n) is 4.16. The number of hydrogen-bond donors (Lipinski definition) is 1. The van der Waals surface area contributed by atoms with Gasteiger partial charge in [0.1, 0.15) is 23.7 Å². The van der Waals surface area contributed by atoms with Gasteiger partial charge in [-0.2, -0.15) is 13.2 Å². The molecule has 0 radical (unpaired) electrons. The van der Waals surface area contributed by atoms with Crippen LogP contribution in [-0.2, 0) is 11.0 Å². The number of aromatic nitrogens is 3. The average Bonchev–Trinajstić information content (AvgIpc) is 2.76. The Morgan fingerprint density at radius 2 is 1.76 bits per heavy atom. The number of halogens is 4. The molecular formula is C23H22ClF3N6O. The molecule has 0 saturated carbocycles. The number of pyridine rings is 1. The van der Waals surface area contributed by atoms with E-state index in [1.807, 2.05) is 4.90 Å². The molecule has 2 N–H and O–H groups in total. The van der Waals surface area contributed by atoms with Crippen LogP contribution in [0.2, 0.25) is 5.02 Å². The first-order valence-corrected chi connectivity index (χ1v) is 10.9. The van der Waals surface area contributed by atoms with Gasteiger partial charge in [-0.3, -0.25) is 4.79 Å². The molecule has 1 aliphatic heterocycles. The molecule has 34 heavy (non-hydrogen) atoms. The highest BCUT2D eigenvalue weighted by atomic mass is 35.5. The third-order valence-electron chi connectivity index (χ3n) is 5.64. The molecule has 1 saturated heterocycles. The molecule has 0 spiro atoms. The molecule has 1 aromatic carbocycles. The Bertz CT molecular complexity index is 1290. The summed E-state index contributed by atoms with van der Waals surface area (Å²) in [6, 6.07) is 4.28. The number of hydrogen-bond acceptors (Lipinski definition) is 7. The maximum absolute atomic E-state index is 13.9. The molecule has 4 rings (SSSR count). The summed E-state index contributed by atoms with van der Waals surface area (Å²) in [5.74, 6) is 1.10. The summed E-state index contributed by atoms with van der Waals surface area (Å²) in [5, 5.41) is 0.724. The molecule has 1 fully saturated rings. The Morgan fingerprint density at radius 1 is 1.06 bits per heavy atom. The molecule has 0 atom stereocenters. The maximum Gasteiger partial charge on any atom is 0.418 e. The lowest BCUT2D eigenvalue weighted by molar-refractivity contribution is -0.137. The van der Waals surface area contributed by atoms with Crippen LogP contribution in [0.25, 0.3) is 22.2 Å². The lowest BCUT2D eigenvalue weighted by Gasteiger charge is -2.35. The van der Waals surface area contributed by atoms with E-state index in [-0.39, 0.29) is 27.7 Å². The monoisotopic (exact) mass is 490 g/mol. The molecule has 3 aromatic rings. The first-order chi connectivity index (χ1) is 16.1. The van der Waals surface area contributed by atoms with Gasteiger partial charge in [0.15, 0.2) is 0 Å². The number of rotatable bonds is 4. The van der Waals surface area contributed by atoms with Crippen LogP contribution in [0.3, 0.4) is 0 Å². The normalized spacial score (nSPS) is 14.9. The van der Waals surface area contributed by atoms with Gasteiger partial charge in [0.2, 0.25) is 0 Å². The van der Waals surface area contributed by atoms with Crippen molar-refractivity contribution in [2.24, 2.45) is 0 Å². The topological polar surface area (TPSA) is 88.2 Å². The summed E-state index contributed by atoms with van der Waals surface area (Å²) >= 11 is 6.52. The first-order valence-electron chi connectivity index (χ1n) is 10.5. The number of carbonyl (C=O) groups is 1. The second kappa shape index (κ2) is 9.09. The molecule has 11 heteroatoms.